The molecule has 0 bridgehead atoms. The van der Waals surface area contributed by atoms with Crippen LogP contribution in [0.25, 0.3) is 4.85 Å². The molecule has 7 fully saturated rings. The van der Waals surface area contributed by atoms with Crippen LogP contribution in [-0.4, -0.2) is 126 Å². The first-order chi connectivity index (χ1) is 26.9. The lowest BCUT2D eigenvalue weighted by atomic mass is 9.68. The SMILES string of the molecule is CN(C)C1(c2ccccc2)CCC2(CC1)CN(CC1(N)CC1)C(=O)N2CC1CC1.[C-]#[N+]CN1CC2(CCC(c3ccccc3)(N(C)C)CC2)N(CC2CC2)C1=O. The van der Waals surface area contributed by atoms with Crippen LogP contribution in [0, 0.1) is 18.4 Å². The van der Waals surface area contributed by atoms with Gasteiger partial charge in [-0.25, -0.2) is 16.2 Å². The monoisotopic (exact) mass is 763 g/mol. The fourth-order valence-electron chi connectivity index (χ4n) is 11.0. The second-order valence-electron chi connectivity index (χ2n) is 19.4. The van der Waals surface area contributed by atoms with E-state index < -0.39 is 0 Å². The maximum absolute atomic E-state index is 13.4. The van der Waals surface area contributed by atoms with Crippen molar-refractivity contribution in [3.8, 4) is 0 Å². The van der Waals surface area contributed by atoms with Crippen LogP contribution in [0.4, 0.5) is 9.59 Å². The third-order valence-corrected chi connectivity index (χ3v) is 15.4. The molecule has 5 aliphatic carbocycles. The zero-order chi connectivity index (χ0) is 39.3. The van der Waals surface area contributed by atoms with Gasteiger partial charge in [-0.2, -0.15) is 0 Å². The van der Waals surface area contributed by atoms with Crippen molar-refractivity contribution in [1.29, 1.82) is 0 Å². The van der Waals surface area contributed by atoms with Crippen LogP contribution in [0.1, 0.15) is 101 Å². The molecule has 2 heterocycles. The van der Waals surface area contributed by atoms with E-state index in [1.807, 2.05) is 0 Å². The van der Waals surface area contributed by atoms with E-state index in [2.05, 4.69) is 118 Å². The van der Waals surface area contributed by atoms with Crippen molar-refractivity contribution in [1.82, 2.24) is 29.4 Å². The minimum atomic E-state index is -0.113. The summed E-state index contributed by atoms with van der Waals surface area (Å²) in [6.45, 7) is 11.6. The molecule has 0 radical (unpaired) electrons. The smallest absolute Gasteiger partial charge is 0.324 e. The molecule has 4 amide bonds. The van der Waals surface area contributed by atoms with Crippen LogP contribution in [0.5, 0.6) is 0 Å². The fraction of sp³-hybridized carbons (Fsp3) is 0.674. The highest BCUT2D eigenvalue weighted by atomic mass is 16.2. The summed E-state index contributed by atoms with van der Waals surface area (Å²) in [6, 6.07) is 22.1. The first-order valence-electron chi connectivity index (χ1n) is 21.6. The summed E-state index contributed by atoms with van der Waals surface area (Å²) in [4.78, 5) is 43.0. The summed E-state index contributed by atoms with van der Waals surface area (Å²) >= 11 is 0. The number of rotatable bonds is 11. The third-order valence-electron chi connectivity index (χ3n) is 15.4. The number of amides is 4. The lowest BCUT2D eigenvalue weighted by Gasteiger charge is -2.51. The Labute approximate surface area is 336 Å². The van der Waals surface area contributed by atoms with E-state index in [4.69, 9.17) is 12.3 Å². The predicted octanol–water partition coefficient (Wildman–Crippen LogP) is 7.18. The Hall–Kier alpha value is -3.65. The zero-order valence-electron chi connectivity index (χ0n) is 34.6. The highest BCUT2D eigenvalue weighted by molar-refractivity contribution is 5.79. The average molecular weight is 763 g/mol. The molecule has 0 aromatic heterocycles. The van der Waals surface area contributed by atoms with Gasteiger partial charge in [0, 0.05) is 42.8 Å². The summed E-state index contributed by atoms with van der Waals surface area (Å²) in [5, 5.41) is 0. The molecule has 0 atom stereocenters. The first kappa shape index (κ1) is 39.2. The van der Waals surface area contributed by atoms with Gasteiger partial charge in [0.05, 0.1) is 17.6 Å². The predicted molar refractivity (Wildman–Crippen MR) is 222 cm³/mol. The summed E-state index contributed by atoms with van der Waals surface area (Å²) in [6.07, 6.45) is 15.6. The first-order valence-corrected chi connectivity index (χ1v) is 21.6. The van der Waals surface area contributed by atoms with Crippen LogP contribution in [0.3, 0.4) is 0 Å². The van der Waals surface area contributed by atoms with Crippen LogP contribution in [0.2, 0.25) is 0 Å². The van der Waals surface area contributed by atoms with Gasteiger partial charge in [-0.05, 0) is 141 Å². The molecule has 2 aliphatic heterocycles. The van der Waals surface area contributed by atoms with E-state index in [0.717, 1.165) is 103 Å². The Morgan fingerprint density at radius 3 is 1.38 bits per heavy atom. The van der Waals surface area contributed by atoms with Crippen molar-refractivity contribution in [3.05, 3.63) is 83.2 Å². The van der Waals surface area contributed by atoms with E-state index in [0.29, 0.717) is 5.92 Å². The number of hydrogen-bond acceptors (Lipinski definition) is 5. The van der Waals surface area contributed by atoms with Gasteiger partial charge in [0.25, 0.3) is 6.67 Å². The molecule has 2 aromatic rings. The van der Waals surface area contributed by atoms with Gasteiger partial charge in [0.15, 0.2) is 0 Å². The fourth-order valence-corrected chi connectivity index (χ4v) is 11.0. The second kappa shape index (κ2) is 14.9. The molecule has 2 aromatic carbocycles. The minimum Gasteiger partial charge on any atom is -0.324 e. The van der Waals surface area contributed by atoms with Gasteiger partial charge in [0.1, 0.15) is 0 Å². The summed E-state index contributed by atoms with van der Waals surface area (Å²) in [7, 11) is 8.78. The van der Waals surface area contributed by atoms with Gasteiger partial charge in [0.2, 0.25) is 0 Å². The maximum Gasteiger partial charge on any atom is 0.326 e. The molecular weight excluding hydrogens is 697 g/mol. The minimum absolute atomic E-state index is 0.000780. The van der Waals surface area contributed by atoms with Gasteiger partial charge in [-0.1, -0.05) is 60.7 Å². The number of nitrogens with zero attached hydrogens (tertiary/aromatic N) is 7. The number of carbonyl (C=O) groups is 2. The molecule has 56 heavy (non-hydrogen) atoms. The van der Waals surface area contributed by atoms with Gasteiger partial charge >= 0.3 is 12.1 Å². The number of nitrogens with two attached hydrogens (primary N) is 1. The van der Waals surface area contributed by atoms with Crippen LogP contribution < -0.4 is 5.73 Å². The normalized spacial score (nSPS) is 32.4. The van der Waals surface area contributed by atoms with E-state index in [-0.39, 0.29) is 46.4 Å². The largest absolute Gasteiger partial charge is 0.326 e. The lowest BCUT2D eigenvalue weighted by molar-refractivity contribution is 0.0232. The molecule has 2 N–H and O–H groups in total. The van der Waals surface area contributed by atoms with Crippen molar-refractivity contribution in [2.24, 2.45) is 17.6 Å². The molecule has 5 saturated carbocycles. The van der Waals surface area contributed by atoms with Crippen molar-refractivity contribution in [2.75, 3.05) is 67.6 Å². The van der Waals surface area contributed by atoms with Crippen molar-refractivity contribution < 1.29 is 9.59 Å². The number of hydrogen-bond donors (Lipinski definition) is 1. The lowest BCUT2D eigenvalue weighted by Crippen LogP contribution is -2.55. The Bertz CT molecular complexity index is 1750. The number of urea groups is 2. The number of carbonyl (C=O) groups excluding carboxylic acids is 2. The zero-order valence-corrected chi connectivity index (χ0v) is 34.6. The van der Waals surface area contributed by atoms with Gasteiger partial charge in [-0.15, -0.1) is 0 Å². The van der Waals surface area contributed by atoms with Crippen molar-refractivity contribution in [3.63, 3.8) is 0 Å². The molecule has 10 nitrogen and oxygen atoms in total. The van der Waals surface area contributed by atoms with E-state index in [1.165, 1.54) is 36.8 Å². The van der Waals surface area contributed by atoms with Crippen LogP contribution in [-0.2, 0) is 11.1 Å². The van der Waals surface area contributed by atoms with E-state index in [9.17, 15) is 9.59 Å². The average Bonchev–Trinajstić information content (AvgIpc) is 4.12. The third kappa shape index (κ3) is 7.33. The highest BCUT2D eigenvalue weighted by Crippen LogP contribution is 2.52. The molecule has 2 saturated heterocycles. The van der Waals surface area contributed by atoms with E-state index >= 15 is 0 Å². The molecule has 7 aliphatic rings. The Morgan fingerprint density at radius 1 is 0.625 bits per heavy atom. The molecule has 2 spiro atoms. The maximum atomic E-state index is 13.4. The van der Waals surface area contributed by atoms with Crippen LogP contribution >= 0.6 is 0 Å². The molecule has 0 unspecified atom stereocenters. The van der Waals surface area contributed by atoms with Crippen LogP contribution in [0.15, 0.2) is 60.7 Å². The summed E-state index contributed by atoms with van der Waals surface area (Å²) < 4.78 is 0. The Balaban J connectivity index is 0.000000158. The Kier molecular flexibility index (Phi) is 10.5. The number of benzene rings is 2. The molecule has 10 heteroatoms. The van der Waals surface area contributed by atoms with E-state index in [1.54, 1.807) is 4.90 Å². The molecule has 9 rings (SSSR count). The van der Waals surface area contributed by atoms with Crippen molar-refractivity contribution >= 4 is 12.1 Å². The van der Waals surface area contributed by atoms with Gasteiger partial charge < -0.3 is 20.4 Å². The second-order valence-corrected chi connectivity index (χ2v) is 19.4. The Morgan fingerprint density at radius 2 is 1.02 bits per heavy atom. The summed E-state index contributed by atoms with van der Waals surface area (Å²) in [5.74, 6) is 1.39. The van der Waals surface area contributed by atoms with Gasteiger partial charge in [-0.3, -0.25) is 19.5 Å². The standard InChI is InChI=1S/C24H36N4O.C22H30N4O/c1-26(2)24(20-6-4-3-5-7-20)14-12-23(13-15-24)18-27(17-22(25)10-11-22)21(29)28(23)16-19-8-9-19;1-23-17-25-16-21(26(20(25)27)15-18-9-10-18)11-13-22(14-12-21,24(2)3)19-7-5-4-6-8-19/h3-7,19H,8-18,25H2,1-2H3;4-8,18H,9-17H2,2-3H3. The molecule has 302 valence electrons. The highest BCUT2D eigenvalue weighted by Gasteiger charge is 2.58. The quantitative estimate of drug-likeness (QED) is 0.246. The summed E-state index contributed by atoms with van der Waals surface area (Å²) in [5.41, 5.74) is 9.10. The molecular formula is C46H66N8O2. The van der Waals surface area contributed by atoms with Crippen molar-refractivity contribution in [2.45, 2.75) is 118 Å². The topological polar surface area (TPSA) is 84.0 Å².